The van der Waals surface area contributed by atoms with Crippen molar-refractivity contribution in [3.05, 3.63) is 17.7 Å². The molecular weight excluding hydrogens is 251 g/mol. The Morgan fingerprint density at radius 3 is 2.71 bits per heavy atom. The van der Waals surface area contributed by atoms with Crippen LogP contribution in [0.3, 0.4) is 0 Å². The van der Waals surface area contributed by atoms with E-state index in [9.17, 15) is 12.3 Å². The Hall–Kier alpha value is -1.50. The Balaban J connectivity index is 2.42. The van der Waals surface area contributed by atoms with Gasteiger partial charge in [-0.05, 0) is 17.7 Å². The number of halogens is 1. The van der Waals surface area contributed by atoms with E-state index in [-0.39, 0.29) is 5.56 Å². The number of rotatable bonds is 3. The van der Waals surface area contributed by atoms with Gasteiger partial charge in [0.2, 0.25) is 5.75 Å². The summed E-state index contributed by atoms with van der Waals surface area (Å²) in [7, 11) is -3.16. The van der Waals surface area contributed by atoms with E-state index in [1.54, 1.807) is 0 Å². The fourth-order valence-corrected chi connectivity index (χ4v) is 2.17. The van der Waals surface area contributed by atoms with Crippen LogP contribution in [-0.4, -0.2) is 28.7 Å². The van der Waals surface area contributed by atoms with Gasteiger partial charge in [0.1, 0.15) is 19.0 Å². The fraction of sp³-hybridized carbons (Fsp3) is 0.400. The Morgan fingerprint density at radius 1 is 1.35 bits per heavy atom. The van der Waals surface area contributed by atoms with Crippen LogP contribution in [0.25, 0.3) is 0 Å². The second-order valence-corrected chi connectivity index (χ2v) is 4.87. The Morgan fingerprint density at radius 2 is 2.06 bits per heavy atom. The van der Waals surface area contributed by atoms with Crippen molar-refractivity contribution < 1.29 is 26.5 Å². The van der Waals surface area contributed by atoms with Crippen molar-refractivity contribution in [1.29, 1.82) is 0 Å². The number of ether oxygens (including phenoxy) is 3. The summed E-state index contributed by atoms with van der Waals surface area (Å²) in [6.45, 7) is 0.756. The summed E-state index contributed by atoms with van der Waals surface area (Å²) in [4.78, 5) is 0. The van der Waals surface area contributed by atoms with Gasteiger partial charge in [-0.25, -0.2) is 0 Å². The van der Waals surface area contributed by atoms with Crippen molar-refractivity contribution in [2.45, 2.75) is 5.75 Å². The zero-order chi connectivity index (χ0) is 12.5. The maximum Gasteiger partial charge on any atom is 0.306 e. The molecule has 7 heteroatoms. The first-order chi connectivity index (χ1) is 7.99. The molecule has 1 aliphatic heterocycles. The minimum Gasteiger partial charge on any atom is -0.493 e. The summed E-state index contributed by atoms with van der Waals surface area (Å²) in [5.41, 5.74) is 0.258. The fourth-order valence-electron chi connectivity index (χ4n) is 1.61. The molecule has 0 atom stereocenters. The molecule has 0 radical (unpaired) electrons. The highest BCUT2D eigenvalue weighted by molar-refractivity contribution is 7.85. The summed E-state index contributed by atoms with van der Waals surface area (Å²) >= 11 is 0. The van der Waals surface area contributed by atoms with Gasteiger partial charge >= 0.3 is 10.2 Å². The van der Waals surface area contributed by atoms with Crippen molar-refractivity contribution in [3.63, 3.8) is 0 Å². The molecule has 0 unspecified atom stereocenters. The van der Waals surface area contributed by atoms with Crippen LogP contribution in [0.2, 0.25) is 0 Å². The molecule has 2 rings (SSSR count). The molecule has 1 heterocycles. The topological polar surface area (TPSA) is 61.8 Å². The van der Waals surface area contributed by atoms with Gasteiger partial charge in [0.25, 0.3) is 0 Å². The summed E-state index contributed by atoms with van der Waals surface area (Å²) in [6.07, 6.45) is 0. The molecule has 1 aromatic rings. The molecule has 0 spiro atoms. The Kier molecular flexibility index (Phi) is 3.10. The minimum absolute atomic E-state index is 0.258. The number of fused-ring (bicyclic) bond motifs is 1. The third-order valence-corrected chi connectivity index (χ3v) is 2.90. The Bertz CT molecular complexity index is 508. The lowest BCUT2D eigenvalue weighted by Gasteiger charge is -2.21. The number of hydrogen-bond donors (Lipinski definition) is 0. The smallest absolute Gasteiger partial charge is 0.306 e. The number of hydrogen-bond acceptors (Lipinski definition) is 5. The molecule has 0 saturated heterocycles. The number of benzene rings is 1. The van der Waals surface area contributed by atoms with Crippen LogP contribution in [0.4, 0.5) is 3.89 Å². The van der Waals surface area contributed by atoms with Gasteiger partial charge in [-0.3, -0.25) is 0 Å². The summed E-state index contributed by atoms with van der Waals surface area (Å²) in [5, 5.41) is 0. The van der Waals surface area contributed by atoms with E-state index < -0.39 is 16.0 Å². The quantitative estimate of drug-likeness (QED) is 0.767. The molecule has 1 aromatic carbocycles. The predicted molar refractivity (Wildman–Crippen MR) is 57.7 cm³/mol. The van der Waals surface area contributed by atoms with Crippen LogP contribution in [-0.2, 0) is 16.0 Å². The van der Waals surface area contributed by atoms with Crippen molar-refractivity contribution in [2.24, 2.45) is 0 Å². The van der Waals surface area contributed by atoms with E-state index in [1.807, 2.05) is 0 Å². The second kappa shape index (κ2) is 4.40. The van der Waals surface area contributed by atoms with E-state index in [2.05, 4.69) is 0 Å². The third-order valence-electron chi connectivity index (χ3n) is 2.23. The summed E-state index contributed by atoms with van der Waals surface area (Å²) in [5.74, 6) is 0.411. The van der Waals surface area contributed by atoms with Gasteiger partial charge < -0.3 is 14.2 Å². The SMILES string of the molecule is COc1cc(CS(=O)(=O)F)cc2c1OCCO2. The molecular formula is C10H11FO5S. The van der Waals surface area contributed by atoms with Gasteiger partial charge in [-0.15, -0.1) is 3.89 Å². The molecule has 0 N–H and O–H groups in total. The highest BCUT2D eigenvalue weighted by Crippen LogP contribution is 2.40. The molecule has 0 aromatic heterocycles. The first-order valence-electron chi connectivity index (χ1n) is 4.88. The lowest BCUT2D eigenvalue weighted by atomic mass is 10.2. The first kappa shape index (κ1) is 12.0. The second-order valence-electron chi connectivity index (χ2n) is 3.51. The molecule has 94 valence electrons. The summed E-state index contributed by atoms with van der Waals surface area (Å²) < 4.78 is 49.5. The normalized spacial score (nSPS) is 14.5. The van der Waals surface area contributed by atoms with Crippen molar-refractivity contribution >= 4 is 10.2 Å². The van der Waals surface area contributed by atoms with E-state index >= 15 is 0 Å². The van der Waals surface area contributed by atoms with Gasteiger partial charge in [0.15, 0.2) is 11.5 Å². The third kappa shape index (κ3) is 2.79. The monoisotopic (exact) mass is 262 g/mol. The van der Waals surface area contributed by atoms with Crippen LogP contribution in [0, 0.1) is 0 Å². The van der Waals surface area contributed by atoms with E-state index in [4.69, 9.17) is 14.2 Å². The van der Waals surface area contributed by atoms with Crippen LogP contribution >= 0.6 is 0 Å². The summed E-state index contributed by atoms with van der Waals surface area (Å²) in [6, 6.07) is 2.86. The standard InChI is InChI=1S/C10H11FO5S/c1-14-8-4-7(6-17(11,12)13)5-9-10(8)16-3-2-15-9/h4-5H,2-3,6H2,1H3. The van der Waals surface area contributed by atoms with Crippen LogP contribution < -0.4 is 14.2 Å². The van der Waals surface area contributed by atoms with Gasteiger partial charge in [-0.1, -0.05) is 0 Å². The van der Waals surface area contributed by atoms with Crippen LogP contribution in [0.15, 0.2) is 12.1 Å². The van der Waals surface area contributed by atoms with Crippen molar-refractivity contribution in [1.82, 2.24) is 0 Å². The maximum absolute atomic E-state index is 12.6. The molecule has 5 nitrogen and oxygen atoms in total. The average Bonchev–Trinajstić information content (AvgIpc) is 2.25. The number of methoxy groups -OCH3 is 1. The van der Waals surface area contributed by atoms with Gasteiger partial charge in [0, 0.05) is 0 Å². The average molecular weight is 262 g/mol. The van der Waals surface area contributed by atoms with Crippen LogP contribution in [0.1, 0.15) is 5.56 Å². The van der Waals surface area contributed by atoms with E-state index in [1.165, 1.54) is 19.2 Å². The highest BCUT2D eigenvalue weighted by atomic mass is 32.3. The zero-order valence-electron chi connectivity index (χ0n) is 9.10. The molecule has 0 bridgehead atoms. The van der Waals surface area contributed by atoms with Gasteiger partial charge in [-0.2, -0.15) is 8.42 Å². The molecule has 0 saturated carbocycles. The molecule has 0 fully saturated rings. The molecule has 1 aliphatic rings. The lowest BCUT2D eigenvalue weighted by molar-refractivity contribution is 0.165. The Labute approximate surface area is 98.3 Å². The lowest BCUT2D eigenvalue weighted by Crippen LogP contribution is -2.16. The maximum atomic E-state index is 12.6. The van der Waals surface area contributed by atoms with Gasteiger partial charge in [0.05, 0.1) is 7.11 Å². The zero-order valence-corrected chi connectivity index (χ0v) is 9.92. The van der Waals surface area contributed by atoms with E-state index in [0.717, 1.165) is 0 Å². The largest absolute Gasteiger partial charge is 0.493 e. The predicted octanol–water partition coefficient (Wildman–Crippen LogP) is 1.27. The van der Waals surface area contributed by atoms with Crippen molar-refractivity contribution in [2.75, 3.05) is 20.3 Å². The molecule has 0 aliphatic carbocycles. The van der Waals surface area contributed by atoms with Crippen molar-refractivity contribution in [3.8, 4) is 17.2 Å². The minimum atomic E-state index is -4.58. The van der Waals surface area contributed by atoms with Crippen LogP contribution in [0.5, 0.6) is 17.2 Å². The molecule has 0 amide bonds. The first-order valence-corrected chi connectivity index (χ1v) is 6.44. The molecule has 17 heavy (non-hydrogen) atoms. The van der Waals surface area contributed by atoms with E-state index in [0.29, 0.717) is 30.5 Å². The highest BCUT2D eigenvalue weighted by Gasteiger charge is 2.20.